The molecule has 3 unspecified atom stereocenters. The standard InChI is InChI=1S/C28H48OSe.C10H18O3/c1-5-28-16-13-22(29)17-21(28)9-10-23-25-12-11-24(27(25,4)15-14-26(23)28)20(3)8-6-7-19(2)18-30;1-3-7-11-9(5-1)13-10-6-2-4-8-12-10/h9,19-20,22-26,29-30H,5-8,10-18H2,1-4H3;9-10H,1-8H2/t19?,20-,22+,23+,24-,25+,26+,27-,28+;/m1./s1. The van der Waals surface area contributed by atoms with Crippen LogP contribution in [0.25, 0.3) is 0 Å². The first-order chi connectivity index (χ1) is 20.8. The second-order valence-electron chi connectivity index (χ2n) is 15.9. The number of rotatable bonds is 9. The minimum absolute atomic E-state index is 0.00292. The van der Waals surface area contributed by atoms with Crippen LogP contribution in [-0.4, -0.2) is 53.0 Å². The fourth-order valence-electron chi connectivity index (χ4n) is 11.0. The summed E-state index contributed by atoms with van der Waals surface area (Å²) >= 11 is 2.78. The van der Waals surface area contributed by atoms with Crippen molar-refractivity contribution in [3.05, 3.63) is 11.6 Å². The van der Waals surface area contributed by atoms with E-state index in [1.807, 2.05) is 0 Å². The Labute approximate surface area is 273 Å². The Morgan fingerprint density at radius 3 is 2.28 bits per heavy atom. The molecule has 0 aromatic heterocycles. The van der Waals surface area contributed by atoms with Gasteiger partial charge < -0.3 is 19.3 Å². The van der Waals surface area contributed by atoms with E-state index in [1.54, 1.807) is 5.57 Å². The van der Waals surface area contributed by atoms with Crippen molar-refractivity contribution in [2.75, 3.05) is 13.2 Å². The molecule has 0 aromatic carbocycles. The molecule has 2 saturated heterocycles. The molecule has 6 aliphatic rings. The van der Waals surface area contributed by atoms with Crippen molar-refractivity contribution >= 4 is 16.0 Å². The molecule has 248 valence electrons. The Hall–Kier alpha value is 0.0995. The Bertz CT molecular complexity index is 865. The first kappa shape index (κ1) is 34.4. The second-order valence-corrected chi connectivity index (χ2v) is 16.7. The fraction of sp³-hybridized carbons (Fsp3) is 0.947. The molecule has 0 spiro atoms. The molecule has 4 nitrogen and oxygen atoms in total. The summed E-state index contributed by atoms with van der Waals surface area (Å²) in [6.45, 7) is 11.8. The summed E-state index contributed by atoms with van der Waals surface area (Å²) in [5.74, 6) is 5.48. The molecule has 2 aliphatic heterocycles. The van der Waals surface area contributed by atoms with Gasteiger partial charge in [-0.1, -0.05) is 12.5 Å². The first-order valence-electron chi connectivity index (χ1n) is 18.7. The van der Waals surface area contributed by atoms with Gasteiger partial charge in [0.2, 0.25) is 0 Å². The van der Waals surface area contributed by atoms with Gasteiger partial charge in [-0.3, -0.25) is 0 Å². The summed E-state index contributed by atoms with van der Waals surface area (Å²) in [6.07, 6.45) is 25.4. The maximum atomic E-state index is 10.3. The van der Waals surface area contributed by atoms with Crippen LogP contribution in [0.2, 0.25) is 5.32 Å². The SMILES string of the molecule is C1CCC(OC2CCCCO2)OC1.CC[C@]12CC[C@H](O)CC1=CC[C@@H]1[C@@H]2CC[C@]2(C)[C@@H]([C@H](C)CCCC(C)C[SeH])CC[C@@H]12. The fourth-order valence-corrected chi connectivity index (χ4v) is 11.3. The van der Waals surface area contributed by atoms with Crippen LogP contribution in [-0.2, 0) is 14.2 Å². The predicted octanol–water partition coefficient (Wildman–Crippen LogP) is 9.13. The van der Waals surface area contributed by atoms with E-state index in [-0.39, 0.29) is 18.7 Å². The molecule has 43 heavy (non-hydrogen) atoms. The molecular weight excluding hydrogens is 599 g/mol. The van der Waals surface area contributed by atoms with Crippen molar-refractivity contribution < 1.29 is 19.3 Å². The van der Waals surface area contributed by atoms with Gasteiger partial charge >= 0.3 is 146 Å². The third-order valence-electron chi connectivity index (χ3n) is 13.4. The van der Waals surface area contributed by atoms with Crippen LogP contribution in [0.15, 0.2) is 11.6 Å². The van der Waals surface area contributed by atoms with Crippen LogP contribution < -0.4 is 0 Å². The van der Waals surface area contributed by atoms with Gasteiger partial charge in [0.25, 0.3) is 0 Å². The predicted molar refractivity (Wildman–Crippen MR) is 178 cm³/mol. The summed E-state index contributed by atoms with van der Waals surface area (Å²) in [5, 5.41) is 11.6. The van der Waals surface area contributed by atoms with Crippen LogP contribution in [0, 0.1) is 46.3 Å². The summed E-state index contributed by atoms with van der Waals surface area (Å²) in [7, 11) is 0. The molecule has 1 N–H and O–H groups in total. The zero-order valence-corrected chi connectivity index (χ0v) is 30.1. The van der Waals surface area contributed by atoms with Crippen LogP contribution in [0.3, 0.4) is 0 Å². The molecule has 3 saturated carbocycles. The monoisotopic (exact) mass is 666 g/mol. The Morgan fingerprint density at radius 2 is 1.65 bits per heavy atom. The van der Waals surface area contributed by atoms with Crippen LogP contribution in [0.5, 0.6) is 0 Å². The first-order valence-corrected chi connectivity index (χ1v) is 20.0. The van der Waals surface area contributed by atoms with Gasteiger partial charge in [-0.25, -0.2) is 0 Å². The second kappa shape index (κ2) is 15.8. The summed E-state index contributed by atoms with van der Waals surface area (Å²) < 4.78 is 16.6. The molecule has 0 aromatic rings. The van der Waals surface area contributed by atoms with Crippen LogP contribution in [0.4, 0.5) is 0 Å². The van der Waals surface area contributed by atoms with E-state index < -0.39 is 0 Å². The normalized spacial score (nSPS) is 42.4. The minimum atomic E-state index is -0.0765. The van der Waals surface area contributed by atoms with E-state index in [1.165, 1.54) is 95.2 Å². The van der Waals surface area contributed by atoms with Gasteiger partial charge in [-0.05, 0) is 64.2 Å². The van der Waals surface area contributed by atoms with E-state index in [0.29, 0.717) is 10.8 Å². The Morgan fingerprint density at radius 1 is 0.930 bits per heavy atom. The Kier molecular flexibility index (Phi) is 12.6. The number of fused-ring (bicyclic) bond motifs is 5. The molecule has 6 rings (SSSR count). The van der Waals surface area contributed by atoms with E-state index in [0.717, 1.165) is 74.4 Å². The van der Waals surface area contributed by atoms with Gasteiger partial charge in [0.15, 0.2) is 12.6 Å². The van der Waals surface area contributed by atoms with Gasteiger partial charge in [0.05, 0.1) is 6.10 Å². The van der Waals surface area contributed by atoms with Crippen molar-refractivity contribution in [1.82, 2.24) is 0 Å². The number of hydrogen-bond acceptors (Lipinski definition) is 4. The third-order valence-corrected chi connectivity index (χ3v) is 14.7. The molecule has 5 heteroatoms. The molecule has 0 radical (unpaired) electrons. The topological polar surface area (TPSA) is 47.9 Å². The molecule has 5 fully saturated rings. The summed E-state index contributed by atoms with van der Waals surface area (Å²) in [5.41, 5.74) is 2.67. The molecule has 11 atom stereocenters. The molecule has 2 heterocycles. The van der Waals surface area contributed by atoms with Gasteiger partial charge in [0.1, 0.15) is 0 Å². The molecule has 0 amide bonds. The molecule has 4 aliphatic carbocycles. The number of aliphatic hydroxyl groups excluding tert-OH is 1. The number of ether oxygens (including phenoxy) is 3. The number of allylic oxidation sites excluding steroid dienone is 1. The van der Waals surface area contributed by atoms with Gasteiger partial charge in [0, 0.05) is 13.2 Å². The van der Waals surface area contributed by atoms with Gasteiger partial charge in [-0.2, -0.15) is 0 Å². The van der Waals surface area contributed by atoms with E-state index in [9.17, 15) is 5.11 Å². The van der Waals surface area contributed by atoms with Crippen molar-refractivity contribution in [2.24, 2.45) is 46.3 Å². The van der Waals surface area contributed by atoms with Crippen molar-refractivity contribution in [3.8, 4) is 0 Å². The van der Waals surface area contributed by atoms with E-state index in [4.69, 9.17) is 14.2 Å². The quantitative estimate of drug-likeness (QED) is 0.197. The van der Waals surface area contributed by atoms with E-state index >= 15 is 0 Å². The molecular formula is C38H66O4Se. The molecule has 0 bridgehead atoms. The number of hydrogen-bond donors (Lipinski definition) is 1. The average Bonchev–Trinajstić information content (AvgIpc) is 3.39. The van der Waals surface area contributed by atoms with Crippen molar-refractivity contribution in [2.45, 2.75) is 167 Å². The van der Waals surface area contributed by atoms with Crippen LogP contribution >= 0.6 is 0 Å². The van der Waals surface area contributed by atoms with Crippen molar-refractivity contribution in [1.29, 1.82) is 0 Å². The third kappa shape index (κ3) is 7.81. The summed E-state index contributed by atoms with van der Waals surface area (Å²) in [4.78, 5) is 0. The average molecular weight is 666 g/mol. The zero-order valence-electron chi connectivity index (χ0n) is 28.2. The zero-order chi connectivity index (χ0) is 30.5. The van der Waals surface area contributed by atoms with E-state index in [2.05, 4.69) is 49.8 Å². The summed E-state index contributed by atoms with van der Waals surface area (Å²) in [6, 6.07) is 0. The maximum absolute atomic E-state index is 10.3. The Balaban J connectivity index is 0.000000235. The number of aliphatic hydroxyl groups is 1. The van der Waals surface area contributed by atoms with Gasteiger partial charge in [-0.15, -0.1) is 0 Å². The van der Waals surface area contributed by atoms with Crippen molar-refractivity contribution in [3.63, 3.8) is 0 Å². The van der Waals surface area contributed by atoms with Crippen LogP contribution in [0.1, 0.15) is 143 Å².